The molecule has 2 aromatic carbocycles. The van der Waals surface area contributed by atoms with Crippen LogP contribution in [0.1, 0.15) is 30.9 Å². The van der Waals surface area contributed by atoms with Crippen LogP contribution in [0.2, 0.25) is 0 Å². The third-order valence-corrected chi connectivity index (χ3v) is 6.21. The number of thiazole rings is 1. The Morgan fingerprint density at radius 1 is 1.12 bits per heavy atom. The fourth-order valence-corrected chi connectivity index (χ4v) is 4.56. The van der Waals surface area contributed by atoms with Gasteiger partial charge in [-0.15, -0.1) is 11.3 Å². The molecule has 2 heterocycles. The third kappa shape index (κ3) is 4.60. The first kappa shape index (κ1) is 21.8. The van der Waals surface area contributed by atoms with Crippen molar-refractivity contribution in [2.45, 2.75) is 25.3 Å². The van der Waals surface area contributed by atoms with Crippen LogP contribution in [0.5, 0.6) is 11.5 Å². The smallest absolute Gasteiger partial charge is 0.253 e. The van der Waals surface area contributed by atoms with Crippen molar-refractivity contribution in [1.29, 1.82) is 0 Å². The number of carbonyl (C=O) groups excluding carboxylic acids is 2. The van der Waals surface area contributed by atoms with E-state index >= 15 is 0 Å². The van der Waals surface area contributed by atoms with Gasteiger partial charge in [-0.25, -0.2) is 4.98 Å². The number of piperidine rings is 1. The number of carbonyl (C=O) groups is 2. The number of hydrogen-bond acceptors (Lipinski definition) is 6. The summed E-state index contributed by atoms with van der Waals surface area (Å²) in [5.41, 5.74) is 2.23. The van der Waals surface area contributed by atoms with E-state index in [2.05, 4.69) is 10.3 Å². The van der Waals surface area contributed by atoms with Gasteiger partial charge >= 0.3 is 0 Å². The summed E-state index contributed by atoms with van der Waals surface area (Å²) in [7, 11) is 3.20. The van der Waals surface area contributed by atoms with Gasteiger partial charge in [0, 0.05) is 23.9 Å². The van der Waals surface area contributed by atoms with Gasteiger partial charge in [-0.1, -0.05) is 30.3 Å². The topological polar surface area (TPSA) is 80.8 Å². The van der Waals surface area contributed by atoms with Crippen molar-refractivity contribution >= 4 is 28.3 Å². The quantitative estimate of drug-likeness (QED) is 0.571. The first-order valence-corrected chi connectivity index (χ1v) is 11.3. The second kappa shape index (κ2) is 9.82. The fourth-order valence-electron chi connectivity index (χ4n) is 3.85. The third-order valence-electron chi connectivity index (χ3n) is 5.45. The number of methoxy groups -OCH3 is 2. The molecule has 2 amide bonds. The summed E-state index contributed by atoms with van der Waals surface area (Å²) in [5, 5.41) is 5.23. The molecule has 8 heteroatoms. The van der Waals surface area contributed by atoms with Crippen LogP contribution in [-0.4, -0.2) is 42.5 Å². The van der Waals surface area contributed by atoms with E-state index in [1.807, 2.05) is 53.9 Å². The molecule has 166 valence electrons. The number of rotatable bonds is 7. The van der Waals surface area contributed by atoms with E-state index < -0.39 is 6.04 Å². The number of ether oxygens (including phenoxy) is 2. The zero-order chi connectivity index (χ0) is 22.5. The maximum Gasteiger partial charge on any atom is 0.253 e. The van der Waals surface area contributed by atoms with Gasteiger partial charge in [-0.05, 0) is 36.6 Å². The lowest BCUT2D eigenvalue weighted by molar-refractivity contribution is -0.141. The summed E-state index contributed by atoms with van der Waals surface area (Å²) in [4.78, 5) is 32.2. The SMILES string of the molecule is COc1ccc(OC)c(-c2csc(NC(=O)C(c3ccccc3)N3CCCCC3=O)n2)c1. The fraction of sp³-hybridized carbons (Fsp3) is 0.292. The Morgan fingerprint density at radius 2 is 1.94 bits per heavy atom. The van der Waals surface area contributed by atoms with Crippen molar-refractivity contribution < 1.29 is 19.1 Å². The van der Waals surface area contributed by atoms with E-state index in [4.69, 9.17) is 9.47 Å². The number of anilines is 1. The monoisotopic (exact) mass is 451 g/mol. The zero-order valence-electron chi connectivity index (χ0n) is 18.0. The average Bonchev–Trinajstić information content (AvgIpc) is 3.29. The van der Waals surface area contributed by atoms with Crippen molar-refractivity contribution in [3.63, 3.8) is 0 Å². The molecule has 7 nitrogen and oxygen atoms in total. The van der Waals surface area contributed by atoms with Gasteiger partial charge in [0.05, 0.1) is 19.9 Å². The molecule has 32 heavy (non-hydrogen) atoms. The minimum atomic E-state index is -0.692. The van der Waals surface area contributed by atoms with E-state index in [9.17, 15) is 9.59 Å². The highest BCUT2D eigenvalue weighted by Crippen LogP contribution is 2.35. The van der Waals surface area contributed by atoms with Gasteiger partial charge in [-0.3, -0.25) is 14.9 Å². The molecule has 0 saturated carbocycles. The van der Waals surface area contributed by atoms with Crippen molar-refractivity contribution in [2.24, 2.45) is 0 Å². The number of benzene rings is 2. The van der Waals surface area contributed by atoms with Crippen LogP contribution in [-0.2, 0) is 9.59 Å². The zero-order valence-corrected chi connectivity index (χ0v) is 18.9. The molecule has 1 unspecified atom stereocenters. The van der Waals surface area contributed by atoms with Gasteiger partial charge in [0.2, 0.25) is 5.91 Å². The first-order chi connectivity index (χ1) is 15.6. The number of amides is 2. The van der Waals surface area contributed by atoms with E-state index in [0.717, 1.165) is 24.0 Å². The molecule has 1 atom stereocenters. The molecule has 0 radical (unpaired) electrons. The molecule has 0 aliphatic carbocycles. The Kier molecular flexibility index (Phi) is 6.70. The molecule has 0 spiro atoms. The molecule has 3 aromatic rings. The minimum absolute atomic E-state index is 0.00111. The molecule has 1 aliphatic rings. The van der Waals surface area contributed by atoms with Crippen LogP contribution < -0.4 is 14.8 Å². The van der Waals surface area contributed by atoms with Crippen molar-refractivity contribution in [2.75, 3.05) is 26.1 Å². The number of nitrogens with zero attached hydrogens (tertiary/aromatic N) is 2. The predicted molar refractivity (Wildman–Crippen MR) is 124 cm³/mol. The molecule has 1 aliphatic heterocycles. The van der Waals surface area contributed by atoms with Crippen LogP contribution in [0.4, 0.5) is 5.13 Å². The number of nitrogens with one attached hydrogen (secondary N) is 1. The lowest BCUT2D eigenvalue weighted by Crippen LogP contribution is -2.43. The summed E-state index contributed by atoms with van der Waals surface area (Å²) in [6.45, 7) is 0.565. The van der Waals surface area contributed by atoms with E-state index in [0.29, 0.717) is 35.3 Å². The Balaban J connectivity index is 1.60. The molecular weight excluding hydrogens is 426 g/mol. The highest BCUT2D eigenvalue weighted by molar-refractivity contribution is 7.14. The average molecular weight is 452 g/mol. The largest absolute Gasteiger partial charge is 0.497 e. The Bertz CT molecular complexity index is 1100. The predicted octanol–water partition coefficient (Wildman–Crippen LogP) is 4.52. The van der Waals surface area contributed by atoms with Crippen LogP contribution in [0.3, 0.4) is 0 Å². The normalized spacial score (nSPS) is 14.7. The van der Waals surface area contributed by atoms with E-state index in [1.165, 1.54) is 11.3 Å². The molecule has 1 aromatic heterocycles. The van der Waals surface area contributed by atoms with Gasteiger partial charge in [0.15, 0.2) is 5.13 Å². The van der Waals surface area contributed by atoms with E-state index in [-0.39, 0.29) is 11.8 Å². The van der Waals surface area contributed by atoms with Crippen LogP contribution in [0.15, 0.2) is 53.9 Å². The van der Waals surface area contributed by atoms with Crippen LogP contribution in [0.25, 0.3) is 11.3 Å². The number of aromatic nitrogens is 1. The molecule has 0 bridgehead atoms. The summed E-state index contributed by atoms with van der Waals surface area (Å²) in [6.07, 6.45) is 2.21. The Labute approximate surface area is 191 Å². The summed E-state index contributed by atoms with van der Waals surface area (Å²) >= 11 is 1.32. The number of hydrogen-bond donors (Lipinski definition) is 1. The second-order valence-corrected chi connectivity index (χ2v) is 8.31. The second-order valence-electron chi connectivity index (χ2n) is 7.45. The highest BCUT2D eigenvalue weighted by atomic mass is 32.1. The summed E-state index contributed by atoms with van der Waals surface area (Å²) in [5.74, 6) is 1.08. The van der Waals surface area contributed by atoms with Gasteiger partial charge in [0.25, 0.3) is 5.91 Å². The highest BCUT2D eigenvalue weighted by Gasteiger charge is 2.33. The standard InChI is InChI=1S/C24H25N3O4S/c1-30-17-11-12-20(31-2)18(14-17)19-15-32-24(25-19)26-23(29)22(16-8-4-3-5-9-16)27-13-7-6-10-21(27)28/h3-5,8-9,11-12,14-15,22H,6-7,10,13H2,1-2H3,(H,25,26,29). The Hall–Kier alpha value is -3.39. The molecule has 1 fully saturated rings. The molecular formula is C24H25N3O4S. The van der Waals surface area contributed by atoms with Crippen LogP contribution in [0, 0.1) is 0 Å². The van der Waals surface area contributed by atoms with Crippen molar-refractivity contribution in [1.82, 2.24) is 9.88 Å². The first-order valence-electron chi connectivity index (χ1n) is 10.4. The lowest BCUT2D eigenvalue weighted by Gasteiger charge is -2.33. The van der Waals surface area contributed by atoms with Gasteiger partial charge < -0.3 is 14.4 Å². The van der Waals surface area contributed by atoms with Crippen molar-refractivity contribution in [3.8, 4) is 22.8 Å². The maximum absolute atomic E-state index is 13.3. The molecule has 1 N–H and O–H groups in total. The van der Waals surface area contributed by atoms with Gasteiger partial charge in [-0.2, -0.15) is 0 Å². The molecule has 1 saturated heterocycles. The van der Waals surface area contributed by atoms with Crippen molar-refractivity contribution in [3.05, 3.63) is 59.5 Å². The Morgan fingerprint density at radius 3 is 2.66 bits per heavy atom. The lowest BCUT2D eigenvalue weighted by atomic mass is 10.0. The van der Waals surface area contributed by atoms with Gasteiger partial charge in [0.1, 0.15) is 17.5 Å². The summed E-state index contributed by atoms with van der Waals surface area (Å²) in [6, 6.07) is 14.2. The molecule has 4 rings (SSSR count). The maximum atomic E-state index is 13.3. The summed E-state index contributed by atoms with van der Waals surface area (Å²) < 4.78 is 10.8. The number of likely N-dealkylation sites (tertiary alicyclic amines) is 1. The van der Waals surface area contributed by atoms with Crippen LogP contribution >= 0.6 is 11.3 Å². The minimum Gasteiger partial charge on any atom is -0.497 e. The van der Waals surface area contributed by atoms with E-state index in [1.54, 1.807) is 19.1 Å².